The third kappa shape index (κ3) is 4.01. The Bertz CT molecular complexity index is 467. The number of rotatable bonds is 4. The van der Waals surface area contributed by atoms with Gasteiger partial charge >= 0.3 is 5.97 Å². The highest BCUT2D eigenvalue weighted by atomic mass is 79.9. The lowest BCUT2D eigenvalue weighted by Crippen LogP contribution is -2.36. The molecule has 19 heavy (non-hydrogen) atoms. The predicted molar refractivity (Wildman–Crippen MR) is 74.3 cm³/mol. The smallest absolute Gasteiger partial charge is 0.306 e. The molecule has 1 aliphatic carbocycles. The monoisotopic (exact) mass is 329 g/mol. The first-order valence-electron chi connectivity index (χ1n) is 6.46. The van der Waals surface area contributed by atoms with Crippen molar-refractivity contribution in [1.82, 2.24) is 5.32 Å². The van der Waals surface area contributed by atoms with E-state index < -0.39 is 5.97 Å². The fraction of sp³-hybridized carbons (Fsp3) is 0.500. The molecule has 104 valence electrons. The van der Waals surface area contributed by atoms with Crippen molar-refractivity contribution in [2.24, 2.45) is 5.92 Å². The lowest BCUT2D eigenvalue weighted by Gasteiger charge is -2.27. The van der Waals surface area contributed by atoms with Gasteiger partial charge in [-0.05, 0) is 37.0 Å². The lowest BCUT2D eigenvalue weighted by molar-refractivity contribution is -0.143. The number of halogens is 2. The molecule has 0 heterocycles. The average Bonchev–Trinajstić information content (AvgIpc) is 2.38. The van der Waals surface area contributed by atoms with Crippen molar-refractivity contribution < 1.29 is 14.3 Å². The Balaban J connectivity index is 1.89. The molecule has 0 amide bonds. The molecule has 0 radical (unpaired) electrons. The molecule has 1 aromatic carbocycles. The van der Waals surface area contributed by atoms with E-state index in [0.717, 1.165) is 29.3 Å². The van der Waals surface area contributed by atoms with E-state index in [1.165, 1.54) is 12.1 Å². The van der Waals surface area contributed by atoms with E-state index >= 15 is 0 Å². The van der Waals surface area contributed by atoms with Crippen molar-refractivity contribution in [3.05, 3.63) is 34.1 Å². The zero-order chi connectivity index (χ0) is 13.8. The minimum atomic E-state index is -0.700. The summed E-state index contributed by atoms with van der Waals surface area (Å²) < 4.78 is 13.7. The Morgan fingerprint density at radius 3 is 2.95 bits per heavy atom. The molecular formula is C14H17BrFNO2. The van der Waals surface area contributed by atoms with Crippen LogP contribution in [0, 0.1) is 11.7 Å². The van der Waals surface area contributed by atoms with Gasteiger partial charge in [0, 0.05) is 17.1 Å². The largest absolute Gasteiger partial charge is 0.481 e. The van der Waals surface area contributed by atoms with E-state index in [-0.39, 0.29) is 17.8 Å². The molecule has 0 aliphatic heterocycles. The normalized spacial score (nSPS) is 23.3. The third-order valence-corrected chi connectivity index (χ3v) is 4.36. The maximum atomic E-state index is 13.0. The number of hydrogen-bond acceptors (Lipinski definition) is 2. The molecule has 1 aliphatic rings. The van der Waals surface area contributed by atoms with Gasteiger partial charge in [-0.25, -0.2) is 4.39 Å². The van der Waals surface area contributed by atoms with Crippen LogP contribution in [0.3, 0.4) is 0 Å². The summed E-state index contributed by atoms with van der Waals surface area (Å²) in [5, 5.41) is 12.4. The van der Waals surface area contributed by atoms with Crippen LogP contribution in [0.25, 0.3) is 0 Å². The fourth-order valence-corrected chi connectivity index (χ4v) is 3.01. The maximum Gasteiger partial charge on any atom is 0.306 e. The summed E-state index contributed by atoms with van der Waals surface area (Å²) in [5.41, 5.74) is 0.985. The fourth-order valence-electron chi connectivity index (χ4n) is 2.52. The van der Waals surface area contributed by atoms with Gasteiger partial charge in [0.05, 0.1) is 5.92 Å². The third-order valence-electron chi connectivity index (χ3n) is 3.62. The topological polar surface area (TPSA) is 49.3 Å². The van der Waals surface area contributed by atoms with Crippen LogP contribution < -0.4 is 5.32 Å². The van der Waals surface area contributed by atoms with Gasteiger partial charge in [-0.1, -0.05) is 28.4 Å². The first-order chi connectivity index (χ1) is 9.06. The number of benzene rings is 1. The van der Waals surface area contributed by atoms with Gasteiger partial charge in [0.1, 0.15) is 5.82 Å². The van der Waals surface area contributed by atoms with Crippen LogP contribution >= 0.6 is 15.9 Å². The highest BCUT2D eigenvalue weighted by Gasteiger charge is 2.26. The highest BCUT2D eigenvalue weighted by molar-refractivity contribution is 9.10. The van der Waals surface area contributed by atoms with Gasteiger partial charge in [-0.3, -0.25) is 4.79 Å². The molecule has 0 aromatic heterocycles. The predicted octanol–water partition coefficient (Wildman–Crippen LogP) is 3.32. The number of nitrogens with one attached hydrogen (secondary N) is 1. The van der Waals surface area contributed by atoms with Gasteiger partial charge in [0.15, 0.2) is 0 Å². The Morgan fingerprint density at radius 1 is 1.47 bits per heavy atom. The van der Waals surface area contributed by atoms with Crippen molar-refractivity contribution in [1.29, 1.82) is 0 Å². The number of hydrogen-bond donors (Lipinski definition) is 2. The van der Waals surface area contributed by atoms with Crippen LogP contribution in [0.15, 0.2) is 22.7 Å². The van der Waals surface area contributed by atoms with Crippen LogP contribution in [-0.4, -0.2) is 17.1 Å². The van der Waals surface area contributed by atoms with Crippen LogP contribution in [0.1, 0.15) is 31.2 Å². The van der Waals surface area contributed by atoms with Gasteiger partial charge in [-0.15, -0.1) is 0 Å². The van der Waals surface area contributed by atoms with E-state index in [4.69, 9.17) is 5.11 Å². The van der Waals surface area contributed by atoms with Crippen LogP contribution in [0.4, 0.5) is 4.39 Å². The molecule has 2 atom stereocenters. The summed E-state index contributed by atoms with van der Waals surface area (Å²) in [5.74, 6) is -1.20. The first kappa shape index (κ1) is 14.5. The molecule has 2 rings (SSSR count). The number of aliphatic carboxylic acids is 1. The zero-order valence-electron chi connectivity index (χ0n) is 10.5. The Hall–Kier alpha value is -0.940. The van der Waals surface area contributed by atoms with Crippen molar-refractivity contribution in [2.75, 3.05) is 0 Å². The van der Waals surface area contributed by atoms with Gasteiger partial charge in [-0.2, -0.15) is 0 Å². The molecule has 0 saturated heterocycles. The van der Waals surface area contributed by atoms with E-state index in [1.807, 2.05) is 0 Å². The zero-order valence-corrected chi connectivity index (χ0v) is 12.1. The van der Waals surface area contributed by atoms with Crippen LogP contribution in [0.2, 0.25) is 0 Å². The van der Waals surface area contributed by atoms with Gasteiger partial charge in [0.2, 0.25) is 0 Å². The molecule has 1 aromatic rings. The van der Waals surface area contributed by atoms with Crippen molar-refractivity contribution in [3.8, 4) is 0 Å². The summed E-state index contributed by atoms with van der Waals surface area (Å²) in [4.78, 5) is 11.0. The number of carbonyl (C=O) groups is 1. The second-order valence-corrected chi connectivity index (χ2v) is 5.87. The molecule has 5 heteroatoms. The molecule has 3 nitrogen and oxygen atoms in total. The molecule has 2 N–H and O–H groups in total. The van der Waals surface area contributed by atoms with Crippen LogP contribution in [0.5, 0.6) is 0 Å². The van der Waals surface area contributed by atoms with Gasteiger partial charge < -0.3 is 10.4 Å². The summed E-state index contributed by atoms with van der Waals surface area (Å²) in [6.07, 6.45) is 3.39. The standard InChI is InChI=1S/C14H17BrFNO2/c15-13-7-11(16)5-4-10(13)8-17-12-3-1-2-9(6-12)14(18)19/h4-5,7,9,12,17H,1-3,6,8H2,(H,18,19). The minimum absolute atomic E-state index is 0.229. The molecule has 0 bridgehead atoms. The molecule has 2 unspecified atom stereocenters. The Kier molecular flexibility index (Phi) is 4.93. The molecular weight excluding hydrogens is 313 g/mol. The highest BCUT2D eigenvalue weighted by Crippen LogP contribution is 2.25. The SMILES string of the molecule is O=C(O)C1CCCC(NCc2ccc(F)cc2Br)C1. The lowest BCUT2D eigenvalue weighted by atomic mass is 9.86. The summed E-state index contributed by atoms with van der Waals surface area (Å²) in [6, 6.07) is 4.84. The second kappa shape index (κ2) is 6.48. The van der Waals surface area contributed by atoms with E-state index in [1.54, 1.807) is 6.07 Å². The quantitative estimate of drug-likeness (QED) is 0.890. The van der Waals surface area contributed by atoms with Crippen molar-refractivity contribution >= 4 is 21.9 Å². The van der Waals surface area contributed by atoms with E-state index in [0.29, 0.717) is 13.0 Å². The van der Waals surface area contributed by atoms with Crippen molar-refractivity contribution in [2.45, 2.75) is 38.3 Å². The summed E-state index contributed by atoms with van der Waals surface area (Å²) in [6.45, 7) is 0.623. The first-order valence-corrected chi connectivity index (χ1v) is 7.25. The van der Waals surface area contributed by atoms with Crippen LogP contribution in [-0.2, 0) is 11.3 Å². The Morgan fingerprint density at radius 2 is 2.26 bits per heavy atom. The summed E-state index contributed by atoms with van der Waals surface area (Å²) in [7, 11) is 0. The molecule has 0 spiro atoms. The minimum Gasteiger partial charge on any atom is -0.481 e. The van der Waals surface area contributed by atoms with Crippen molar-refractivity contribution in [3.63, 3.8) is 0 Å². The molecule has 1 saturated carbocycles. The molecule has 1 fully saturated rings. The van der Waals surface area contributed by atoms with E-state index in [2.05, 4.69) is 21.2 Å². The van der Waals surface area contributed by atoms with Gasteiger partial charge in [0.25, 0.3) is 0 Å². The second-order valence-electron chi connectivity index (χ2n) is 5.02. The number of carboxylic acids is 1. The maximum absolute atomic E-state index is 13.0. The number of carboxylic acid groups (broad SMARTS) is 1. The Labute approximate surface area is 120 Å². The average molecular weight is 330 g/mol. The van der Waals surface area contributed by atoms with E-state index in [9.17, 15) is 9.18 Å². The summed E-state index contributed by atoms with van der Waals surface area (Å²) >= 11 is 3.33.